The average Bonchev–Trinajstić information content (AvgIpc) is 2.42. The Kier molecular flexibility index (Phi) is 6.42. The van der Waals surface area contributed by atoms with E-state index in [4.69, 9.17) is 4.74 Å². The second-order valence-electron chi connectivity index (χ2n) is 4.55. The van der Waals surface area contributed by atoms with Crippen LogP contribution in [0.5, 0.6) is 0 Å². The molecule has 22 heavy (non-hydrogen) atoms. The number of aromatic amines is 1. The van der Waals surface area contributed by atoms with Gasteiger partial charge in [0.2, 0.25) is 0 Å². The lowest BCUT2D eigenvalue weighted by molar-refractivity contribution is -0.138. The van der Waals surface area contributed by atoms with E-state index in [1.807, 2.05) is 0 Å². The number of carbonyl (C=O) groups is 1. The summed E-state index contributed by atoms with van der Waals surface area (Å²) < 4.78 is 44.2. The SMILES string of the molecule is CSC(C)(COCCC=O)Nc1cn[nH]c(=O)c1C(F)(F)F. The Labute approximate surface area is 128 Å². The van der Waals surface area contributed by atoms with Crippen molar-refractivity contribution in [2.75, 3.05) is 24.8 Å². The summed E-state index contributed by atoms with van der Waals surface area (Å²) in [7, 11) is 0. The van der Waals surface area contributed by atoms with Crippen LogP contribution in [-0.2, 0) is 15.7 Å². The Bertz CT molecular complexity index is 565. The fraction of sp³-hybridized carbons (Fsp3) is 0.583. The number of rotatable bonds is 8. The van der Waals surface area contributed by atoms with Crippen molar-refractivity contribution in [3.63, 3.8) is 0 Å². The molecule has 1 atom stereocenters. The van der Waals surface area contributed by atoms with Crippen molar-refractivity contribution in [1.82, 2.24) is 10.2 Å². The molecule has 124 valence electrons. The van der Waals surface area contributed by atoms with Gasteiger partial charge in [0, 0.05) is 6.42 Å². The molecule has 1 aromatic heterocycles. The summed E-state index contributed by atoms with van der Waals surface area (Å²) in [5.74, 6) is 0. The second kappa shape index (κ2) is 7.63. The lowest BCUT2D eigenvalue weighted by atomic mass is 10.2. The fourth-order valence-electron chi connectivity index (χ4n) is 1.60. The topological polar surface area (TPSA) is 84.1 Å². The molecule has 0 aliphatic carbocycles. The van der Waals surface area contributed by atoms with Gasteiger partial charge in [0.15, 0.2) is 0 Å². The van der Waals surface area contributed by atoms with Crippen molar-refractivity contribution < 1.29 is 22.7 Å². The van der Waals surface area contributed by atoms with Crippen molar-refractivity contribution in [3.05, 3.63) is 22.1 Å². The van der Waals surface area contributed by atoms with Crippen LogP contribution in [0, 0.1) is 0 Å². The number of thioether (sulfide) groups is 1. The van der Waals surface area contributed by atoms with Crippen LogP contribution in [0.3, 0.4) is 0 Å². The number of halogens is 3. The lowest BCUT2D eigenvalue weighted by Crippen LogP contribution is -2.38. The Morgan fingerprint density at radius 2 is 2.18 bits per heavy atom. The molecule has 0 aliphatic rings. The first kappa shape index (κ1) is 18.5. The molecular formula is C12H16F3N3O3S. The number of hydrogen-bond acceptors (Lipinski definition) is 6. The monoisotopic (exact) mass is 339 g/mol. The number of carbonyl (C=O) groups excluding carboxylic acids is 1. The number of anilines is 1. The van der Waals surface area contributed by atoms with Crippen LogP contribution in [0.2, 0.25) is 0 Å². The quantitative estimate of drug-likeness (QED) is 0.427. The first-order valence-electron chi connectivity index (χ1n) is 6.23. The Morgan fingerprint density at radius 3 is 2.73 bits per heavy atom. The standard InChI is InChI=1S/C12H16F3N3O3S/c1-11(22-2,7-21-5-3-4-19)17-8-6-16-18-10(20)9(8)12(13,14)15/h4,6H,3,5,7H2,1-2H3,(H2,17,18,20). The van der Waals surface area contributed by atoms with Gasteiger partial charge in [-0.05, 0) is 13.2 Å². The second-order valence-corrected chi connectivity index (χ2v) is 5.86. The van der Waals surface area contributed by atoms with E-state index in [-0.39, 0.29) is 19.6 Å². The van der Waals surface area contributed by atoms with Crippen LogP contribution >= 0.6 is 11.8 Å². The Hall–Kier alpha value is -1.55. The molecule has 0 saturated carbocycles. The number of aldehydes is 1. The van der Waals surface area contributed by atoms with Crippen molar-refractivity contribution in [2.45, 2.75) is 24.4 Å². The molecule has 0 aromatic carbocycles. The van der Waals surface area contributed by atoms with E-state index >= 15 is 0 Å². The molecule has 0 bridgehead atoms. The molecule has 0 radical (unpaired) electrons. The van der Waals surface area contributed by atoms with Gasteiger partial charge in [-0.2, -0.15) is 18.3 Å². The van der Waals surface area contributed by atoms with E-state index in [1.165, 1.54) is 11.8 Å². The minimum atomic E-state index is -4.81. The van der Waals surface area contributed by atoms with Crippen molar-refractivity contribution in [3.8, 4) is 0 Å². The summed E-state index contributed by atoms with van der Waals surface area (Å²) in [6.45, 7) is 1.84. The third-order valence-corrected chi connectivity index (χ3v) is 3.87. The van der Waals surface area contributed by atoms with Crippen LogP contribution in [0.25, 0.3) is 0 Å². The molecule has 1 rings (SSSR count). The number of hydrogen-bond donors (Lipinski definition) is 2. The van der Waals surface area contributed by atoms with E-state index in [9.17, 15) is 22.8 Å². The third-order valence-electron chi connectivity index (χ3n) is 2.75. The first-order valence-corrected chi connectivity index (χ1v) is 7.45. The van der Waals surface area contributed by atoms with Crippen molar-refractivity contribution in [2.24, 2.45) is 0 Å². The number of nitrogens with one attached hydrogen (secondary N) is 2. The van der Waals surface area contributed by atoms with E-state index in [1.54, 1.807) is 18.3 Å². The van der Waals surface area contributed by atoms with Crippen LogP contribution in [0.4, 0.5) is 18.9 Å². The number of aromatic nitrogens is 2. The summed E-state index contributed by atoms with van der Waals surface area (Å²) >= 11 is 1.22. The molecule has 0 amide bonds. The zero-order valence-electron chi connectivity index (χ0n) is 12.0. The molecule has 0 fully saturated rings. The molecule has 0 spiro atoms. The van der Waals surface area contributed by atoms with Gasteiger partial charge in [-0.25, -0.2) is 5.10 Å². The maximum absolute atomic E-state index is 13.0. The maximum Gasteiger partial charge on any atom is 0.423 e. The van der Waals surface area contributed by atoms with Crippen LogP contribution < -0.4 is 10.9 Å². The van der Waals surface area contributed by atoms with Crippen LogP contribution in [-0.4, -0.2) is 40.8 Å². The molecule has 0 aliphatic heterocycles. The first-order chi connectivity index (χ1) is 10.2. The predicted molar refractivity (Wildman–Crippen MR) is 76.9 cm³/mol. The molecule has 2 N–H and O–H groups in total. The highest BCUT2D eigenvalue weighted by Gasteiger charge is 2.39. The predicted octanol–water partition coefficient (Wildman–Crippen LogP) is 1.89. The third kappa shape index (κ3) is 5.02. The van der Waals surface area contributed by atoms with E-state index < -0.39 is 27.9 Å². The largest absolute Gasteiger partial charge is 0.423 e. The average molecular weight is 339 g/mol. The van der Waals surface area contributed by atoms with Gasteiger partial charge < -0.3 is 14.8 Å². The molecule has 6 nitrogen and oxygen atoms in total. The van der Waals surface area contributed by atoms with Crippen LogP contribution in [0.1, 0.15) is 18.9 Å². The zero-order valence-corrected chi connectivity index (χ0v) is 12.8. The normalized spacial score (nSPS) is 14.4. The van der Waals surface area contributed by atoms with Crippen molar-refractivity contribution >= 4 is 23.7 Å². The van der Waals surface area contributed by atoms with E-state index in [0.29, 0.717) is 6.29 Å². The molecule has 10 heteroatoms. The van der Waals surface area contributed by atoms with Crippen LogP contribution in [0.15, 0.2) is 11.0 Å². The highest BCUT2D eigenvalue weighted by atomic mass is 32.2. The zero-order chi connectivity index (χ0) is 16.8. The van der Waals surface area contributed by atoms with Gasteiger partial charge in [0.05, 0.1) is 25.1 Å². The fourth-order valence-corrected chi connectivity index (χ4v) is 2.02. The summed E-state index contributed by atoms with van der Waals surface area (Å²) in [5, 5.41) is 7.80. The number of alkyl halides is 3. The van der Waals surface area contributed by atoms with E-state index in [2.05, 4.69) is 10.4 Å². The van der Waals surface area contributed by atoms with Gasteiger partial charge in [0.1, 0.15) is 16.7 Å². The maximum atomic E-state index is 13.0. The number of nitrogens with zero attached hydrogens (tertiary/aromatic N) is 1. The Balaban J connectivity index is 2.98. The molecule has 1 aromatic rings. The molecule has 1 unspecified atom stereocenters. The van der Waals surface area contributed by atoms with Crippen molar-refractivity contribution in [1.29, 1.82) is 0 Å². The van der Waals surface area contributed by atoms with Gasteiger partial charge in [-0.15, -0.1) is 11.8 Å². The highest BCUT2D eigenvalue weighted by Crippen LogP contribution is 2.34. The van der Waals surface area contributed by atoms with E-state index in [0.717, 1.165) is 6.20 Å². The number of H-pyrrole nitrogens is 1. The lowest BCUT2D eigenvalue weighted by Gasteiger charge is -2.30. The Morgan fingerprint density at radius 1 is 1.50 bits per heavy atom. The van der Waals surface area contributed by atoms with Gasteiger partial charge in [-0.3, -0.25) is 4.79 Å². The minimum absolute atomic E-state index is 0.0477. The molecular weight excluding hydrogens is 323 g/mol. The number of ether oxygens (including phenoxy) is 1. The smallest absolute Gasteiger partial charge is 0.378 e. The molecule has 1 heterocycles. The van der Waals surface area contributed by atoms with Gasteiger partial charge in [-0.1, -0.05) is 0 Å². The molecule has 0 saturated heterocycles. The highest BCUT2D eigenvalue weighted by molar-refractivity contribution is 8.00. The minimum Gasteiger partial charge on any atom is -0.378 e. The summed E-state index contributed by atoms with van der Waals surface area (Å²) in [6, 6.07) is 0. The van der Waals surface area contributed by atoms with Gasteiger partial charge in [0.25, 0.3) is 5.56 Å². The summed E-state index contributed by atoms with van der Waals surface area (Å²) in [4.78, 5) is 20.7. The summed E-state index contributed by atoms with van der Waals surface area (Å²) in [5.41, 5.74) is -3.08. The summed E-state index contributed by atoms with van der Waals surface area (Å²) in [6.07, 6.45) is -1.33. The van der Waals surface area contributed by atoms with Gasteiger partial charge >= 0.3 is 6.18 Å².